The summed E-state index contributed by atoms with van der Waals surface area (Å²) in [7, 11) is 0. The minimum Gasteiger partial charge on any atom is -0.368 e. The number of hydrogen-bond donors (Lipinski definition) is 2. The van der Waals surface area contributed by atoms with Gasteiger partial charge >= 0.3 is 0 Å². The molecule has 0 radical (unpaired) electrons. The van der Waals surface area contributed by atoms with E-state index in [9.17, 15) is 9.90 Å². The number of ether oxygens (including phenoxy) is 1. The largest absolute Gasteiger partial charge is 0.368 e. The number of carbonyl (C=O) groups is 1. The first-order chi connectivity index (χ1) is 10.3. The van der Waals surface area contributed by atoms with Crippen molar-refractivity contribution in [1.29, 1.82) is 0 Å². The molecule has 1 atom stereocenters. The minimum absolute atomic E-state index is 0.306. The number of Topliss-reactive ketones (excluding diaryl/α,β-unsaturated/α-hetero) is 1. The smallest absolute Gasteiger partial charge is 0.155 e. The molecule has 0 heterocycles. The molecule has 0 aliphatic carbocycles. The maximum atomic E-state index is 11.7. The zero-order valence-electron chi connectivity index (χ0n) is 14.9. The molecule has 0 fully saturated rings. The Hall–Kier alpha value is -0.450. The van der Waals surface area contributed by atoms with Crippen molar-refractivity contribution in [3.8, 4) is 0 Å². The van der Waals surface area contributed by atoms with E-state index in [2.05, 4.69) is 0 Å². The molecule has 0 aromatic heterocycles. The third kappa shape index (κ3) is 15.9. The van der Waals surface area contributed by atoms with Crippen molar-refractivity contribution in [3.63, 3.8) is 0 Å². The molecule has 0 aromatic carbocycles. The molecule has 0 aliphatic rings. The Balaban J connectivity index is 3.38. The maximum absolute atomic E-state index is 11.7. The van der Waals surface area contributed by atoms with Crippen LogP contribution >= 0.6 is 0 Å². The van der Waals surface area contributed by atoms with E-state index in [4.69, 9.17) is 10.5 Å². The van der Waals surface area contributed by atoms with Gasteiger partial charge in [-0.15, -0.1) is 0 Å². The third-order valence-corrected chi connectivity index (χ3v) is 3.56. The highest BCUT2D eigenvalue weighted by atomic mass is 16.6. The standard InChI is InChI=1S/C18H37NO3/c1-18(2,3)22-17(21)14-10-7-9-13-16(20)12-8-5-4-6-11-15-19/h17,21H,4-15,19H2,1-3H3/t17-/m0/s1. The van der Waals surface area contributed by atoms with Gasteiger partial charge in [-0.3, -0.25) is 4.79 Å². The van der Waals surface area contributed by atoms with E-state index in [1.165, 1.54) is 12.8 Å². The number of hydrogen-bond acceptors (Lipinski definition) is 4. The number of rotatable bonds is 14. The fourth-order valence-electron chi connectivity index (χ4n) is 2.41. The molecule has 0 saturated heterocycles. The first-order valence-electron chi connectivity index (χ1n) is 8.93. The first-order valence-corrected chi connectivity index (χ1v) is 8.93. The van der Waals surface area contributed by atoms with Crippen LogP contribution in [0.1, 0.15) is 91.4 Å². The summed E-state index contributed by atoms with van der Waals surface area (Å²) in [6, 6.07) is 0. The molecule has 0 amide bonds. The zero-order chi connectivity index (χ0) is 16.8. The Morgan fingerprint density at radius 2 is 1.45 bits per heavy atom. The number of ketones is 1. The van der Waals surface area contributed by atoms with E-state index in [1.54, 1.807) is 0 Å². The van der Waals surface area contributed by atoms with Crippen molar-refractivity contribution in [2.24, 2.45) is 5.73 Å². The Labute approximate surface area is 136 Å². The number of aliphatic hydroxyl groups is 1. The average Bonchev–Trinajstić information content (AvgIpc) is 2.40. The average molecular weight is 315 g/mol. The lowest BCUT2D eigenvalue weighted by Crippen LogP contribution is -2.27. The van der Waals surface area contributed by atoms with Crippen LogP contribution < -0.4 is 5.73 Å². The van der Waals surface area contributed by atoms with Crippen LogP contribution in [0, 0.1) is 0 Å². The second kappa shape index (κ2) is 13.0. The van der Waals surface area contributed by atoms with Gasteiger partial charge in [0.15, 0.2) is 6.29 Å². The van der Waals surface area contributed by atoms with E-state index in [-0.39, 0.29) is 5.60 Å². The Bertz CT molecular complexity index is 274. The van der Waals surface area contributed by atoms with Crippen LogP contribution in [0.25, 0.3) is 0 Å². The van der Waals surface area contributed by atoms with Crippen LogP contribution in [0.4, 0.5) is 0 Å². The summed E-state index contributed by atoms with van der Waals surface area (Å²) in [6.45, 7) is 6.58. The van der Waals surface area contributed by atoms with Crippen molar-refractivity contribution < 1.29 is 14.6 Å². The summed E-state index contributed by atoms with van der Waals surface area (Å²) in [6.07, 6.45) is 9.79. The first kappa shape index (κ1) is 21.6. The summed E-state index contributed by atoms with van der Waals surface area (Å²) in [5.41, 5.74) is 5.14. The Morgan fingerprint density at radius 3 is 2.00 bits per heavy atom. The highest BCUT2D eigenvalue weighted by molar-refractivity contribution is 5.78. The van der Waals surface area contributed by atoms with Gasteiger partial charge in [0.25, 0.3) is 0 Å². The van der Waals surface area contributed by atoms with Crippen LogP contribution in [0.2, 0.25) is 0 Å². The van der Waals surface area contributed by atoms with Crippen LogP contribution in [0.5, 0.6) is 0 Å². The second-order valence-corrected chi connectivity index (χ2v) is 7.13. The highest BCUT2D eigenvalue weighted by Gasteiger charge is 2.15. The fraction of sp³-hybridized carbons (Fsp3) is 0.944. The van der Waals surface area contributed by atoms with E-state index >= 15 is 0 Å². The minimum atomic E-state index is -0.691. The predicted molar refractivity (Wildman–Crippen MR) is 91.7 cm³/mol. The van der Waals surface area contributed by atoms with Crippen molar-refractivity contribution in [3.05, 3.63) is 0 Å². The Kier molecular flexibility index (Phi) is 12.8. The molecular formula is C18H37NO3. The van der Waals surface area contributed by atoms with E-state index < -0.39 is 6.29 Å². The monoisotopic (exact) mass is 315 g/mol. The van der Waals surface area contributed by atoms with Crippen molar-refractivity contribution in [2.75, 3.05) is 6.54 Å². The molecule has 0 aromatic rings. The quantitative estimate of drug-likeness (QED) is 0.376. The van der Waals surface area contributed by atoms with E-state index in [0.717, 1.165) is 51.5 Å². The predicted octanol–water partition coefficient (Wildman–Crippen LogP) is 3.94. The van der Waals surface area contributed by atoms with Crippen LogP contribution in [-0.4, -0.2) is 29.3 Å². The van der Waals surface area contributed by atoms with E-state index in [1.807, 2.05) is 20.8 Å². The van der Waals surface area contributed by atoms with Gasteiger partial charge in [-0.2, -0.15) is 0 Å². The van der Waals surface area contributed by atoms with Crippen molar-refractivity contribution >= 4 is 5.78 Å². The topological polar surface area (TPSA) is 72.5 Å². The molecule has 3 N–H and O–H groups in total. The zero-order valence-corrected chi connectivity index (χ0v) is 14.9. The lowest BCUT2D eigenvalue weighted by atomic mass is 10.0. The van der Waals surface area contributed by atoms with Gasteiger partial charge in [0.05, 0.1) is 5.60 Å². The third-order valence-electron chi connectivity index (χ3n) is 3.56. The molecule has 22 heavy (non-hydrogen) atoms. The summed E-state index contributed by atoms with van der Waals surface area (Å²) in [5.74, 6) is 0.380. The van der Waals surface area contributed by atoms with Gasteiger partial charge in [-0.1, -0.05) is 25.7 Å². The normalized spacial score (nSPS) is 13.3. The van der Waals surface area contributed by atoms with Gasteiger partial charge in [0, 0.05) is 12.8 Å². The SMILES string of the molecule is CC(C)(C)O[C@H](O)CCCCCC(=O)CCCCCCCN. The van der Waals surface area contributed by atoms with Crippen molar-refractivity contribution in [1.82, 2.24) is 0 Å². The molecular weight excluding hydrogens is 278 g/mol. The number of carbonyl (C=O) groups excluding carboxylic acids is 1. The van der Waals surface area contributed by atoms with Gasteiger partial charge in [0.1, 0.15) is 5.78 Å². The number of unbranched alkanes of at least 4 members (excludes halogenated alkanes) is 6. The van der Waals surface area contributed by atoms with Crippen LogP contribution in [0.15, 0.2) is 0 Å². The van der Waals surface area contributed by atoms with Crippen LogP contribution in [-0.2, 0) is 9.53 Å². The van der Waals surface area contributed by atoms with Gasteiger partial charge in [-0.25, -0.2) is 0 Å². The van der Waals surface area contributed by atoms with Gasteiger partial charge < -0.3 is 15.6 Å². The second-order valence-electron chi connectivity index (χ2n) is 7.13. The van der Waals surface area contributed by atoms with Gasteiger partial charge in [-0.05, 0) is 59.4 Å². The van der Waals surface area contributed by atoms with Gasteiger partial charge in [0.2, 0.25) is 0 Å². The summed E-state index contributed by atoms with van der Waals surface area (Å²) in [4.78, 5) is 11.7. The highest BCUT2D eigenvalue weighted by Crippen LogP contribution is 2.15. The lowest BCUT2D eigenvalue weighted by Gasteiger charge is -2.23. The molecule has 132 valence electrons. The number of aliphatic hydroxyl groups excluding tert-OH is 1. The molecule has 0 aliphatic heterocycles. The molecule has 0 unspecified atom stereocenters. The Morgan fingerprint density at radius 1 is 0.955 bits per heavy atom. The molecule has 4 nitrogen and oxygen atoms in total. The summed E-state index contributed by atoms with van der Waals surface area (Å²) in [5, 5.41) is 9.70. The van der Waals surface area contributed by atoms with E-state index in [0.29, 0.717) is 18.6 Å². The molecule has 0 rings (SSSR count). The molecule has 0 spiro atoms. The number of nitrogens with two attached hydrogens (primary N) is 1. The molecule has 4 heteroatoms. The lowest BCUT2D eigenvalue weighted by molar-refractivity contribution is -0.168. The maximum Gasteiger partial charge on any atom is 0.155 e. The molecule has 0 saturated carbocycles. The van der Waals surface area contributed by atoms with Crippen molar-refractivity contribution in [2.45, 2.75) is 103 Å². The molecule has 0 bridgehead atoms. The van der Waals surface area contributed by atoms with Crippen LogP contribution in [0.3, 0.4) is 0 Å². The summed E-state index contributed by atoms with van der Waals surface area (Å²) < 4.78 is 5.44. The fourth-order valence-corrected chi connectivity index (χ4v) is 2.41. The summed E-state index contributed by atoms with van der Waals surface area (Å²) >= 11 is 0.